The molecule has 7 heteroatoms. The van der Waals surface area contributed by atoms with Crippen LogP contribution in [0.1, 0.15) is 35.6 Å². The van der Waals surface area contributed by atoms with Gasteiger partial charge >= 0.3 is 0 Å². The van der Waals surface area contributed by atoms with Crippen LogP contribution in [0.3, 0.4) is 0 Å². The predicted octanol–water partition coefficient (Wildman–Crippen LogP) is 3.36. The van der Waals surface area contributed by atoms with Gasteiger partial charge in [0.1, 0.15) is 18.2 Å². The molecule has 0 unspecified atom stereocenters. The van der Waals surface area contributed by atoms with Gasteiger partial charge < -0.3 is 20.4 Å². The largest absolute Gasteiger partial charge is 0.491 e. The summed E-state index contributed by atoms with van der Waals surface area (Å²) in [6.45, 7) is 5.79. The standard InChI is InChI=1S/C20H21ClN4O2/c1-20(2,19-23-15-7-6-13(21)10-16(15)24-19)25-18(26)14-5-3-4-12-11-22-8-9-27-17(12)14/h3-7,10,22H,8-9,11H2,1-2H3,(H,23,24)(H,25,26). The highest BCUT2D eigenvalue weighted by molar-refractivity contribution is 6.31. The Morgan fingerprint density at radius 2 is 2.15 bits per heavy atom. The number of aromatic amines is 1. The summed E-state index contributed by atoms with van der Waals surface area (Å²) in [6.07, 6.45) is 0. The number of halogens is 1. The Morgan fingerprint density at radius 3 is 3.00 bits per heavy atom. The Hall–Kier alpha value is -2.57. The summed E-state index contributed by atoms with van der Waals surface area (Å²) in [5.74, 6) is 1.11. The second-order valence-electron chi connectivity index (χ2n) is 7.15. The second-order valence-corrected chi connectivity index (χ2v) is 7.58. The highest BCUT2D eigenvalue weighted by atomic mass is 35.5. The summed E-state index contributed by atoms with van der Waals surface area (Å²) in [4.78, 5) is 20.9. The summed E-state index contributed by atoms with van der Waals surface area (Å²) >= 11 is 6.05. The first-order chi connectivity index (χ1) is 12.9. The quantitative estimate of drug-likeness (QED) is 0.647. The van der Waals surface area contributed by atoms with Crippen LogP contribution in [0.2, 0.25) is 5.02 Å². The molecule has 27 heavy (non-hydrogen) atoms. The Kier molecular flexibility index (Phi) is 4.53. The van der Waals surface area contributed by atoms with Gasteiger partial charge in [0.05, 0.1) is 22.1 Å². The zero-order chi connectivity index (χ0) is 19.0. The molecule has 0 fully saturated rings. The van der Waals surface area contributed by atoms with Crippen molar-refractivity contribution >= 4 is 28.5 Å². The van der Waals surface area contributed by atoms with Crippen molar-refractivity contribution in [2.24, 2.45) is 0 Å². The molecule has 6 nitrogen and oxygen atoms in total. The van der Waals surface area contributed by atoms with Gasteiger partial charge in [0.15, 0.2) is 0 Å². The number of rotatable bonds is 3. The molecule has 3 aromatic rings. The van der Waals surface area contributed by atoms with Gasteiger partial charge in [-0.1, -0.05) is 23.7 Å². The number of H-pyrrole nitrogens is 1. The fourth-order valence-corrected chi connectivity index (χ4v) is 3.38. The number of aromatic nitrogens is 2. The van der Waals surface area contributed by atoms with Gasteiger partial charge in [-0.05, 0) is 38.1 Å². The summed E-state index contributed by atoms with van der Waals surface area (Å²) in [5.41, 5.74) is 2.45. The molecule has 1 aliphatic heterocycles. The van der Waals surface area contributed by atoms with Crippen LogP contribution >= 0.6 is 11.6 Å². The fraction of sp³-hybridized carbons (Fsp3) is 0.300. The van der Waals surface area contributed by atoms with Crippen molar-refractivity contribution in [3.05, 3.63) is 58.4 Å². The average Bonchev–Trinajstić information content (AvgIpc) is 2.91. The molecule has 0 radical (unpaired) electrons. The average molecular weight is 385 g/mol. The van der Waals surface area contributed by atoms with Gasteiger partial charge in [-0.15, -0.1) is 0 Å². The molecule has 0 bridgehead atoms. The van der Waals surface area contributed by atoms with Crippen molar-refractivity contribution in [2.75, 3.05) is 13.2 Å². The maximum Gasteiger partial charge on any atom is 0.255 e. The van der Waals surface area contributed by atoms with Crippen LogP contribution in [0.25, 0.3) is 11.0 Å². The van der Waals surface area contributed by atoms with Gasteiger partial charge in [0.25, 0.3) is 5.91 Å². The molecule has 1 aliphatic rings. The highest BCUT2D eigenvalue weighted by Crippen LogP contribution is 2.28. The number of para-hydroxylation sites is 1. The molecule has 1 aromatic heterocycles. The van der Waals surface area contributed by atoms with E-state index < -0.39 is 5.54 Å². The number of fused-ring (bicyclic) bond motifs is 2. The van der Waals surface area contributed by atoms with Crippen LogP contribution < -0.4 is 15.4 Å². The molecule has 0 spiro atoms. The van der Waals surface area contributed by atoms with E-state index in [1.807, 2.05) is 38.1 Å². The summed E-state index contributed by atoms with van der Waals surface area (Å²) in [6, 6.07) is 11.1. The van der Waals surface area contributed by atoms with Gasteiger partial charge in [0.2, 0.25) is 0 Å². The molecule has 0 aliphatic carbocycles. The van der Waals surface area contributed by atoms with Crippen LogP contribution in [-0.2, 0) is 12.1 Å². The molecule has 4 rings (SSSR count). The van der Waals surface area contributed by atoms with Gasteiger partial charge in [-0.25, -0.2) is 4.98 Å². The monoisotopic (exact) mass is 384 g/mol. The number of ether oxygens (including phenoxy) is 1. The van der Waals surface area contributed by atoms with E-state index in [9.17, 15) is 4.79 Å². The van der Waals surface area contributed by atoms with E-state index in [2.05, 4.69) is 20.6 Å². The zero-order valence-corrected chi connectivity index (χ0v) is 16.0. The first kappa shape index (κ1) is 17.8. The lowest BCUT2D eigenvalue weighted by Crippen LogP contribution is -2.42. The summed E-state index contributed by atoms with van der Waals surface area (Å²) in [7, 11) is 0. The Bertz CT molecular complexity index is 1010. The Balaban J connectivity index is 1.63. The number of hydrogen-bond acceptors (Lipinski definition) is 4. The van der Waals surface area contributed by atoms with Crippen molar-refractivity contribution in [1.82, 2.24) is 20.6 Å². The third kappa shape index (κ3) is 3.50. The number of carbonyl (C=O) groups is 1. The van der Waals surface area contributed by atoms with Crippen molar-refractivity contribution in [2.45, 2.75) is 25.9 Å². The lowest BCUT2D eigenvalue weighted by atomic mass is 10.0. The fourth-order valence-electron chi connectivity index (χ4n) is 3.21. The molecule has 2 aromatic carbocycles. The lowest BCUT2D eigenvalue weighted by Gasteiger charge is -2.24. The number of hydrogen-bond donors (Lipinski definition) is 3. The van der Waals surface area contributed by atoms with Crippen molar-refractivity contribution in [3.8, 4) is 5.75 Å². The number of carbonyl (C=O) groups excluding carboxylic acids is 1. The second kappa shape index (κ2) is 6.87. The zero-order valence-electron chi connectivity index (χ0n) is 15.2. The minimum absolute atomic E-state index is 0.197. The van der Waals surface area contributed by atoms with Crippen molar-refractivity contribution in [3.63, 3.8) is 0 Å². The number of amides is 1. The molecule has 1 amide bonds. The van der Waals surface area contributed by atoms with Gasteiger partial charge in [-0.3, -0.25) is 4.79 Å². The first-order valence-electron chi connectivity index (χ1n) is 8.88. The maximum absolute atomic E-state index is 13.0. The molecule has 0 atom stereocenters. The van der Waals surface area contributed by atoms with E-state index in [4.69, 9.17) is 16.3 Å². The smallest absolute Gasteiger partial charge is 0.255 e. The van der Waals surface area contributed by atoms with Crippen molar-refractivity contribution in [1.29, 1.82) is 0 Å². The molecular weight excluding hydrogens is 364 g/mol. The van der Waals surface area contributed by atoms with Crippen LogP contribution in [-0.4, -0.2) is 29.0 Å². The molecule has 0 saturated heterocycles. The van der Waals surface area contributed by atoms with Crippen molar-refractivity contribution < 1.29 is 9.53 Å². The third-order valence-electron chi connectivity index (χ3n) is 4.64. The number of imidazole rings is 1. The molecule has 0 saturated carbocycles. The van der Waals surface area contributed by atoms with Crippen LogP contribution in [0.4, 0.5) is 0 Å². The molecule has 2 heterocycles. The number of benzene rings is 2. The Labute approximate surface area is 162 Å². The van der Waals surface area contributed by atoms with Gasteiger partial charge in [-0.2, -0.15) is 0 Å². The Morgan fingerprint density at radius 1 is 1.30 bits per heavy atom. The van der Waals surface area contributed by atoms with Crippen LogP contribution in [0.5, 0.6) is 5.75 Å². The predicted molar refractivity (Wildman–Crippen MR) is 105 cm³/mol. The van der Waals surface area contributed by atoms with E-state index in [-0.39, 0.29) is 5.91 Å². The highest BCUT2D eigenvalue weighted by Gasteiger charge is 2.29. The minimum atomic E-state index is -0.700. The topological polar surface area (TPSA) is 79.0 Å². The summed E-state index contributed by atoms with van der Waals surface area (Å²) < 4.78 is 5.82. The first-order valence-corrected chi connectivity index (χ1v) is 9.25. The number of nitrogens with zero attached hydrogens (tertiary/aromatic N) is 1. The third-order valence-corrected chi connectivity index (χ3v) is 4.88. The van der Waals surface area contributed by atoms with E-state index >= 15 is 0 Å². The molecule has 3 N–H and O–H groups in total. The normalized spacial score (nSPS) is 14.3. The summed E-state index contributed by atoms with van der Waals surface area (Å²) in [5, 5.41) is 6.99. The molecular formula is C20H21ClN4O2. The van der Waals surface area contributed by atoms with E-state index in [1.165, 1.54) is 0 Å². The number of nitrogens with one attached hydrogen (secondary N) is 3. The van der Waals surface area contributed by atoms with Gasteiger partial charge in [0, 0.05) is 23.7 Å². The van der Waals surface area contributed by atoms with E-state index in [1.54, 1.807) is 12.1 Å². The lowest BCUT2D eigenvalue weighted by molar-refractivity contribution is 0.0905. The van der Waals surface area contributed by atoms with Crippen LogP contribution in [0.15, 0.2) is 36.4 Å². The SMILES string of the molecule is CC(C)(NC(=O)c1cccc2c1OCCNC2)c1nc2ccc(Cl)cc2[nH]1. The molecule has 140 valence electrons. The van der Waals surface area contributed by atoms with Crippen LogP contribution in [0, 0.1) is 0 Å². The maximum atomic E-state index is 13.0. The van der Waals surface area contributed by atoms with E-state index in [0.717, 1.165) is 23.1 Å². The van der Waals surface area contributed by atoms with E-state index in [0.29, 0.717) is 35.3 Å². The minimum Gasteiger partial charge on any atom is -0.491 e.